The van der Waals surface area contributed by atoms with Crippen molar-refractivity contribution in [2.45, 2.75) is 17.7 Å². The fourth-order valence-corrected chi connectivity index (χ4v) is 3.15. The van der Waals surface area contributed by atoms with Crippen LogP contribution in [0.4, 0.5) is 5.69 Å². The van der Waals surface area contributed by atoms with Gasteiger partial charge in [0.2, 0.25) is 21.8 Å². The smallest absolute Gasteiger partial charge is 0.338 e. The molecule has 2 aromatic rings. The highest BCUT2D eigenvalue weighted by Gasteiger charge is 2.24. The third-order valence-corrected chi connectivity index (χ3v) is 5.08. The standard InChI is InChI=1S/C19H19N3O7S/c20-30(26,27)16-7-5-15(6-8-16)28-11-12-29-19(25)13-1-3-14(4-2-13)22-18(24)10-9-17(23)21-22/h1-8H,9-12H2,(H,21,23)(H2,20,26,27). The zero-order valence-corrected chi connectivity index (χ0v) is 16.6. The van der Waals surface area contributed by atoms with Crippen molar-refractivity contribution in [2.24, 2.45) is 5.14 Å². The number of rotatable bonds is 7. The number of amides is 2. The molecule has 1 saturated heterocycles. The van der Waals surface area contributed by atoms with E-state index in [0.29, 0.717) is 11.4 Å². The molecule has 0 aromatic heterocycles. The minimum atomic E-state index is -3.77. The first-order valence-corrected chi connectivity index (χ1v) is 10.4. The number of nitrogens with two attached hydrogens (primary N) is 1. The molecule has 0 radical (unpaired) electrons. The molecule has 0 unspecified atom stereocenters. The number of hydrogen-bond acceptors (Lipinski definition) is 7. The van der Waals surface area contributed by atoms with Gasteiger partial charge in [0, 0.05) is 12.8 Å². The van der Waals surface area contributed by atoms with Crippen molar-refractivity contribution in [3.05, 3.63) is 54.1 Å². The first-order chi connectivity index (χ1) is 14.2. The van der Waals surface area contributed by atoms with E-state index < -0.39 is 16.0 Å². The van der Waals surface area contributed by atoms with Crippen molar-refractivity contribution < 1.29 is 32.3 Å². The van der Waals surface area contributed by atoms with Gasteiger partial charge in [0.1, 0.15) is 19.0 Å². The van der Waals surface area contributed by atoms with E-state index >= 15 is 0 Å². The molecule has 1 fully saturated rings. The summed E-state index contributed by atoms with van der Waals surface area (Å²) in [4.78, 5) is 35.4. The maximum Gasteiger partial charge on any atom is 0.338 e. The fraction of sp³-hybridized carbons (Fsp3) is 0.211. The molecule has 30 heavy (non-hydrogen) atoms. The van der Waals surface area contributed by atoms with E-state index in [0.717, 1.165) is 5.01 Å². The summed E-state index contributed by atoms with van der Waals surface area (Å²) in [5.74, 6) is -0.670. The number of nitrogens with one attached hydrogen (secondary N) is 1. The lowest BCUT2D eigenvalue weighted by molar-refractivity contribution is -0.130. The molecule has 10 nitrogen and oxygen atoms in total. The maximum atomic E-state index is 12.1. The molecule has 0 aliphatic carbocycles. The molecule has 3 rings (SSSR count). The van der Waals surface area contributed by atoms with E-state index in [-0.39, 0.29) is 48.3 Å². The van der Waals surface area contributed by atoms with Gasteiger partial charge in [-0.3, -0.25) is 15.0 Å². The van der Waals surface area contributed by atoms with Gasteiger partial charge in [-0.2, -0.15) is 0 Å². The number of ether oxygens (including phenoxy) is 2. The van der Waals surface area contributed by atoms with E-state index in [4.69, 9.17) is 14.6 Å². The van der Waals surface area contributed by atoms with Crippen molar-refractivity contribution in [3.8, 4) is 5.75 Å². The number of esters is 1. The van der Waals surface area contributed by atoms with E-state index in [1.54, 1.807) is 0 Å². The van der Waals surface area contributed by atoms with Crippen LogP contribution in [0.1, 0.15) is 23.2 Å². The van der Waals surface area contributed by atoms with Gasteiger partial charge in [0.15, 0.2) is 0 Å². The Labute approximate surface area is 172 Å². The SMILES string of the molecule is NS(=O)(=O)c1ccc(OCCOC(=O)c2ccc(N3NC(=O)CCC3=O)cc2)cc1. The molecule has 2 amide bonds. The Hall–Kier alpha value is -3.44. The quantitative estimate of drug-likeness (QED) is 0.483. The molecular formula is C19H19N3O7S. The Morgan fingerprint density at radius 2 is 1.67 bits per heavy atom. The maximum absolute atomic E-state index is 12.1. The number of carbonyl (C=O) groups is 3. The summed E-state index contributed by atoms with van der Waals surface area (Å²) in [5.41, 5.74) is 3.18. The first-order valence-electron chi connectivity index (χ1n) is 8.89. The summed E-state index contributed by atoms with van der Waals surface area (Å²) in [6, 6.07) is 11.5. The number of anilines is 1. The van der Waals surface area contributed by atoms with E-state index in [9.17, 15) is 22.8 Å². The Kier molecular flexibility index (Phi) is 6.33. The average molecular weight is 433 g/mol. The number of carbonyl (C=O) groups excluding carboxylic acids is 3. The Morgan fingerprint density at radius 1 is 1.00 bits per heavy atom. The second-order valence-electron chi connectivity index (χ2n) is 6.31. The number of nitrogens with zero attached hydrogens (tertiary/aromatic N) is 1. The number of sulfonamides is 1. The van der Waals surface area contributed by atoms with Crippen molar-refractivity contribution in [1.29, 1.82) is 0 Å². The molecule has 0 saturated carbocycles. The zero-order chi connectivity index (χ0) is 21.7. The Bertz CT molecular complexity index is 1050. The second kappa shape index (κ2) is 8.93. The largest absolute Gasteiger partial charge is 0.490 e. The van der Waals surface area contributed by atoms with Crippen molar-refractivity contribution >= 4 is 33.5 Å². The van der Waals surface area contributed by atoms with Crippen LogP contribution >= 0.6 is 0 Å². The van der Waals surface area contributed by atoms with Crippen molar-refractivity contribution in [1.82, 2.24) is 5.43 Å². The normalized spacial score (nSPS) is 14.2. The van der Waals surface area contributed by atoms with Crippen LogP contribution in [-0.2, 0) is 24.3 Å². The van der Waals surface area contributed by atoms with Gasteiger partial charge in [-0.1, -0.05) is 0 Å². The zero-order valence-electron chi connectivity index (χ0n) is 15.7. The molecule has 1 heterocycles. The van der Waals surface area contributed by atoms with Gasteiger partial charge in [-0.25, -0.2) is 23.4 Å². The van der Waals surface area contributed by atoms with Crippen molar-refractivity contribution in [3.63, 3.8) is 0 Å². The molecule has 11 heteroatoms. The summed E-state index contributed by atoms with van der Waals surface area (Å²) in [5, 5.41) is 6.17. The monoisotopic (exact) mass is 433 g/mol. The highest BCUT2D eigenvalue weighted by molar-refractivity contribution is 7.89. The molecule has 0 spiro atoms. The topological polar surface area (TPSA) is 145 Å². The van der Waals surface area contributed by atoms with Crippen LogP contribution in [0.5, 0.6) is 5.75 Å². The molecule has 158 valence electrons. The fourth-order valence-electron chi connectivity index (χ4n) is 2.63. The molecule has 0 bridgehead atoms. The summed E-state index contributed by atoms with van der Waals surface area (Å²) in [7, 11) is -3.77. The van der Waals surface area contributed by atoms with Crippen LogP contribution in [0.15, 0.2) is 53.4 Å². The molecule has 3 N–H and O–H groups in total. The van der Waals surface area contributed by atoms with Crippen LogP contribution in [0.3, 0.4) is 0 Å². The van der Waals surface area contributed by atoms with Gasteiger partial charge < -0.3 is 9.47 Å². The molecular weight excluding hydrogens is 414 g/mol. The minimum Gasteiger partial charge on any atom is -0.490 e. The second-order valence-corrected chi connectivity index (χ2v) is 7.87. The van der Waals surface area contributed by atoms with Gasteiger partial charge in [0.05, 0.1) is 16.1 Å². The highest BCUT2D eigenvalue weighted by Crippen LogP contribution is 2.18. The molecule has 1 aliphatic rings. The third kappa shape index (κ3) is 5.33. The minimum absolute atomic E-state index is 0.0296. The lowest BCUT2D eigenvalue weighted by Crippen LogP contribution is -2.50. The highest BCUT2D eigenvalue weighted by atomic mass is 32.2. The van der Waals surface area contributed by atoms with Gasteiger partial charge in [0.25, 0.3) is 0 Å². The number of primary sulfonamides is 1. The number of benzene rings is 2. The van der Waals surface area contributed by atoms with E-state index in [1.807, 2.05) is 0 Å². The number of hydrazine groups is 1. The summed E-state index contributed by atoms with van der Waals surface area (Å²) >= 11 is 0. The lowest BCUT2D eigenvalue weighted by atomic mass is 10.2. The summed E-state index contributed by atoms with van der Waals surface area (Å²) < 4.78 is 32.9. The molecule has 2 aromatic carbocycles. The molecule has 1 aliphatic heterocycles. The van der Waals surface area contributed by atoms with E-state index in [2.05, 4.69) is 5.43 Å². The van der Waals surface area contributed by atoms with Crippen LogP contribution in [0, 0.1) is 0 Å². The predicted octanol–water partition coefficient (Wildman–Crippen LogP) is 0.728. The van der Waals surface area contributed by atoms with Gasteiger partial charge in [-0.15, -0.1) is 0 Å². The summed E-state index contributed by atoms with van der Waals surface area (Å²) in [6.07, 6.45) is 0.276. The van der Waals surface area contributed by atoms with Crippen LogP contribution in [0.2, 0.25) is 0 Å². The summed E-state index contributed by atoms with van der Waals surface area (Å²) in [6.45, 7) is 0.0328. The number of hydrogen-bond donors (Lipinski definition) is 2. The first kappa shape index (κ1) is 21.3. The van der Waals surface area contributed by atoms with Crippen LogP contribution < -0.4 is 20.3 Å². The van der Waals surface area contributed by atoms with E-state index in [1.165, 1.54) is 48.5 Å². The average Bonchev–Trinajstić information content (AvgIpc) is 2.72. The van der Waals surface area contributed by atoms with Gasteiger partial charge in [-0.05, 0) is 48.5 Å². The Balaban J connectivity index is 1.48. The predicted molar refractivity (Wildman–Crippen MR) is 105 cm³/mol. The van der Waals surface area contributed by atoms with Gasteiger partial charge >= 0.3 is 5.97 Å². The lowest BCUT2D eigenvalue weighted by Gasteiger charge is -2.27. The van der Waals surface area contributed by atoms with Crippen molar-refractivity contribution in [2.75, 3.05) is 18.2 Å². The molecule has 0 atom stereocenters. The Morgan fingerprint density at radius 3 is 2.30 bits per heavy atom. The third-order valence-electron chi connectivity index (χ3n) is 4.15. The van der Waals surface area contributed by atoms with Crippen LogP contribution in [0.25, 0.3) is 0 Å². The van der Waals surface area contributed by atoms with Crippen LogP contribution in [-0.4, -0.2) is 39.4 Å².